The number of benzene rings is 1. The molecule has 0 aliphatic rings. The fourth-order valence-electron chi connectivity index (χ4n) is 1.44. The van der Waals surface area contributed by atoms with E-state index in [9.17, 15) is 19.7 Å². The number of nitro groups is 1. The van der Waals surface area contributed by atoms with Gasteiger partial charge in [-0.1, -0.05) is 25.4 Å². The summed E-state index contributed by atoms with van der Waals surface area (Å²) in [5.74, 6) is -0.557. The molecule has 0 heterocycles. The second-order valence-electron chi connectivity index (χ2n) is 4.80. The quantitative estimate of drug-likeness (QED) is 0.617. The summed E-state index contributed by atoms with van der Waals surface area (Å²) in [6.45, 7) is 4.25. The molecule has 0 bridgehead atoms. The third-order valence-electron chi connectivity index (χ3n) is 2.53. The van der Waals surface area contributed by atoms with Crippen molar-refractivity contribution in [1.82, 2.24) is 10.6 Å². The molecule has 1 aromatic carbocycles. The van der Waals surface area contributed by atoms with Gasteiger partial charge in [-0.2, -0.15) is 0 Å². The first-order valence-corrected chi connectivity index (χ1v) is 6.68. The van der Waals surface area contributed by atoms with E-state index in [4.69, 9.17) is 11.6 Å². The molecule has 2 amide bonds. The van der Waals surface area contributed by atoms with Crippen LogP contribution in [0.1, 0.15) is 24.2 Å². The molecular formula is C13H16ClN3O4. The van der Waals surface area contributed by atoms with E-state index in [0.29, 0.717) is 12.5 Å². The summed E-state index contributed by atoms with van der Waals surface area (Å²) in [6, 6.07) is 3.52. The Morgan fingerprint density at radius 1 is 1.33 bits per heavy atom. The summed E-state index contributed by atoms with van der Waals surface area (Å²) in [5, 5.41) is 15.6. The van der Waals surface area contributed by atoms with Crippen molar-refractivity contribution in [3.8, 4) is 0 Å². The van der Waals surface area contributed by atoms with Crippen LogP contribution in [0.3, 0.4) is 0 Å². The number of amides is 2. The fourth-order valence-corrected chi connectivity index (χ4v) is 1.70. The number of hydrogen-bond donors (Lipinski definition) is 2. The van der Waals surface area contributed by atoms with Crippen molar-refractivity contribution >= 4 is 29.1 Å². The zero-order valence-electron chi connectivity index (χ0n) is 11.7. The van der Waals surface area contributed by atoms with Gasteiger partial charge in [0.2, 0.25) is 5.91 Å². The Hall–Kier alpha value is -2.15. The first-order chi connectivity index (χ1) is 9.81. The first-order valence-electron chi connectivity index (χ1n) is 6.30. The average Bonchev–Trinajstić information content (AvgIpc) is 2.42. The third-order valence-corrected chi connectivity index (χ3v) is 2.84. The lowest BCUT2D eigenvalue weighted by Crippen LogP contribution is -2.38. The molecule has 0 aromatic heterocycles. The Kier molecular flexibility index (Phi) is 6.10. The maximum absolute atomic E-state index is 11.8. The van der Waals surface area contributed by atoms with Gasteiger partial charge in [-0.3, -0.25) is 19.7 Å². The lowest BCUT2D eigenvalue weighted by molar-refractivity contribution is -0.384. The number of nitrogens with zero attached hydrogens (tertiary/aromatic N) is 1. The van der Waals surface area contributed by atoms with Gasteiger partial charge in [-0.05, 0) is 12.0 Å². The van der Waals surface area contributed by atoms with Crippen molar-refractivity contribution < 1.29 is 14.5 Å². The normalized spacial score (nSPS) is 10.3. The van der Waals surface area contributed by atoms with Crippen LogP contribution in [0.4, 0.5) is 5.69 Å². The molecule has 0 atom stereocenters. The maximum atomic E-state index is 11.8. The molecule has 1 rings (SSSR count). The van der Waals surface area contributed by atoms with Crippen LogP contribution in [0.2, 0.25) is 5.02 Å². The minimum atomic E-state index is -0.604. The molecular weight excluding hydrogens is 298 g/mol. The van der Waals surface area contributed by atoms with Gasteiger partial charge in [-0.15, -0.1) is 0 Å². The van der Waals surface area contributed by atoms with Crippen LogP contribution in [-0.4, -0.2) is 29.8 Å². The van der Waals surface area contributed by atoms with Gasteiger partial charge in [0, 0.05) is 18.7 Å². The number of carbonyl (C=O) groups is 2. The molecule has 8 heteroatoms. The molecule has 21 heavy (non-hydrogen) atoms. The summed E-state index contributed by atoms with van der Waals surface area (Å²) in [5.41, 5.74) is -0.120. The maximum Gasteiger partial charge on any atom is 0.270 e. The molecule has 0 aliphatic carbocycles. The van der Waals surface area contributed by atoms with Gasteiger partial charge in [0.05, 0.1) is 22.1 Å². The van der Waals surface area contributed by atoms with E-state index in [-0.39, 0.29) is 28.7 Å². The van der Waals surface area contributed by atoms with Crippen LogP contribution in [-0.2, 0) is 4.79 Å². The smallest absolute Gasteiger partial charge is 0.270 e. The zero-order valence-corrected chi connectivity index (χ0v) is 12.4. The van der Waals surface area contributed by atoms with Crippen LogP contribution in [0.25, 0.3) is 0 Å². The molecule has 114 valence electrons. The van der Waals surface area contributed by atoms with Gasteiger partial charge >= 0.3 is 0 Å². The van der Waals surface area contributed by atoms with Crippen LogP contribution >= 0.6 is 11.6 Å². The third kappa shape index (κ3) is 5.39. The van der Waals surface area contributed by atoms with Crippen molar-refractivity contribution in [2.75, 3.05) is 13.1 Å². The van der Waals surface area contributed by atoms with E-state index in [2.05, 4.69) is 10.6 Å². The minimum Gasteiger partial charge on any atom is -0.354 e. The predicted octanol–water partition coefficient (Wildman–Crippen LogP) is 1.75. The van der Waals surface area contributed by atoms with E-state index in [1.54, 1.807) is 0 Å². The van der Waals surface area contributed by atoms with Crippen LogP contribution in [0.15, 0.2) is 18.2 Å². The van der Waals surface area contributed by atoms with E-state index in [1.165, 1.54) is 12.1 Å². The second kappa shape index (κ2) is 7.58. The Bertz CT molecular complexity index is 560. The number of nitro benzene ring substituents is 1. The van der Waals surface area contributed by atoms with E-state index in [0.717, 1.165) is 6.07 Å². The molecule has 0 radical (unpaired) electrons. The van der Waals surface area contributed by atoms with E-state index in [1.807, 2.05) is 13.8 Å². The van der Waals surface area contributed by atoms with Crippen molar-refractivity contribution in [1.29, 1.82) is 0 Å². The van der Waals surface area contributed by atoms with Crippen molar-refractivity contribution in [3.63, 3.8) is 0 Å². The van der Waals surface area contributed by atoms with Gasteiger partial charge in [-0.25, -0.2) is 0 Å². The Morgan fingerprint density at radius 2 is 2.00 bits per heavy atom. The topological polar surface area (TPSA) is 101 Å². The zero-order chi connectivity index (χ0) is 16.0. The predicted molar refractivity (Wildman–Crippen MR) is 78.3 cm³/mol. The molecule has 2 N–H and O–H groups in total. The van der Waals surface area contributed by atoms with Gasteiger partial charge < -0.3 is 10.6 Å². The molecule has 0 fully saturated rings. The summed E-state index contributed by atoms with van der Waals surface area (Å²) in [6.07, 6.45) is 0. The highest BCUT2D eigenvalue weighted by Gasteiger charge is 2.15. The molecule has 0 saturated carbocycles. The number of hydrogen-bond acceptors (Lipinski definition) is 4. The van der Waals surface area contributed by atoms with Gasteiger partial charge in [0.25, 0.3) is 11.6 Å². The average molecular weight is 314 g/mol. The highest BCUT2D eigenvalue weighted by Crippen LogP contribution is 2.22. The standard InChI is InChI=1S/C13H16ClN3O4/c1-8(2)6-15-12(18)7-16-13(19)10-4-3-9(17(20)21)5-11(10)14/h3-5,8H,6-7H2,1-2H3,(H,15,18)(H,16,19). The molecule has 0 saturated heterocycles. The fraction of sp³-hybridized carbons (Fsp3) is 0.385. The molecule has 0 spiro atoms. The summed E-state index contributed by atoms with van der Waals surface area (Å²) >= 11 is 5.82. The summed E-state index contributed by atoms with van der Waals surface area (Å²) in [7, 11) is 0. The largest absolute Gasteiger partial charge is 0.354 e. The highest BCUT2D eigenvalue weighted by molar-refractivity contribution is 6.34. The minimum absolute atomic E-state index is 0.0377. The van der Waals surface area contributed by atoms with Gasteiger partial charge in [0.15, 0.2) is 0 Å². The summed E-state index contributed by atoms with van der Waals surface area (Å²) < 4.78 is 0. The van der Waals surface area contributed by atoms with Crippen LogP contribution in [0.5, 0.6) is 0 Å². The molecule has 7 nitrogen and oxygen atoms in total. The van der Waals surface area contributed by atoms with Crippen molar-refractivity contribution in [2.45, 2.75) is 13.8 Å². The Morgan fingerprint density at radius 3 is 2.52 bits per heavy atom. The number of rotatable bonds is 6. The lowest BCUT2D eigenvalue weighted by Gasteiger charge is -2.09. The Labute approximate surface area is 126 Å². The van der Waals surface area contributed by atoms with Crippen LogP contribution < -0.4 is 10.6 Å². The SMILES string of the molecule is CC(C)CNC(=O)CNC(=O)c1ccc([N+](=O)[O-])cc1Cl. The highest BCUT2D eigenvalue weighted by atomic mass is 35.5. The number of non-ortho nitro benzene ring substituents is 1. The second-order valence-corrected chi connectivity index (χ2v) is 5.21. The first kappa shape index (κ1) is 16.9. The summed E-state index contributed by atoms with van der Waals surface area (Å²) in [4.78, 5) is 33.3. The molecule has 1 aromatic rings. The number of nitrogens with one attached hydrogen (secondary N) is 2. The molecule has 0 aliphatic heterocycles. The lowest BCUT2D eigenvalue weighted by atomic mass is 10.2. The van der Waals surface area contributed by atoms with Crippen molar-refractivity contribution in [3.05, 3.63) is 38.9 Å². The van der Waals surface area contributed by atoms with E-state index < -0.39 is 10.8 Å². The van der Waals surface area contributed by atoms with E-state index >= 15 is 0 Å². The monoisotopic (exact) mass is 313 g/mol. The van der Waals surface area contributed by atoms with Crippen LogP contribution in [0, 0.1) is 16.0 Å². The molecule has 0 unspecified atom stereocenters. The van der Waals surface area contributed by atoms with Gasteiger partial charge in [0.1, 0.15) is 0 Å². The number of carbonyl (C=O) groups excluding carboxylic acids is 2. The number of halogens is 1. The van der Waals surface area contributed by atoms with Crippen molar-refractivity contribution in [2.24, 2.45) is 5.92 Å². The Balaban J connectivity index is 2.60.